The number of unbranched alkanes of at least 4 members (excludes halogenated alkanes) is 19. The number of phenols is 2. The molecular weight excluding hydrogens is 520 g/mol. The van der Waals surface area contributed by atoms with Gasteiger partial charge in [0.1, 0.15) is 11.5 Å². The van der Waals surface area contributed by atoms with Gasteiger partial charge in [-0.3, -0.25) is 4.79 Å². The van der Waals surface area contributed by atoms with Crippen LogP contribution in [0.4, 0.5) is 0 Å². The third-order valence-corrected chi connectivity index (χ3v) is 8.49. The van der Waals surface area contributed by atoms with Crippen molar-refractivity contribution in [3.8, 4) is 11.5 Å². The third-order valence-electron chi connectivity index (χ3n) is 8.49. The molecule has 2 aromatic rings. The average molecular weight is 581 g/mol. The molecule has 0 unspecified atom stereocenters. The Kier molecular flexibility index (Phi) is 20.4. The highest BCUT2D eigenvalue weighted by Crippen LogP contribution is 2.31. The van der Waals surface area contributed by atoms with E-state index in [1.165, 1.54) is 116 Å². The second kappa shape index (κ2) is 24.0. The molecule has 2 rings (SSSR count). The smallest absolute Gasteiger partial charge is 0.305 e. The molecular formula is C38H60O4. The summed E-state index contributed by atoms with van der Waals surface area (Å²) in [5.41, 5.74) is 2.06. The molecule has 0 radical (unpaired) electrons. The maximum absolute atomic E-state index is 12.4. The van der Waals surface area contributed by atoms with Crippen LogP contribution < -0.4 is 0 Å². The predicted molar refractivity (Wildman–Crippen MR) is 176 cm³/mol. The Labute approximate surface area is 257 Å². The van der Waals surface area contributed by atoms with Gasteiger partial charge in [0.05, 0.1) is 6.61 Å². The van der Waals surface area contributed by atoms with E-state index >= 15 is 0 Å². The van der Waals surface area contributed by atoms with Gasteiger partial charge in [-0.25, -0.2) is 0 Å². The average Bonchev–Trinajstić information content (AvgIpc) is 2.99. The highest BCUT2D eigenvalue weighted by molar-refractivity contribution is 5.69. The Balaban J connectivity index is 1.41. The van der Waals surface area contributed by atoms with Gasteiger partial charge in [-0.05, 0) is 48.2 Å². The minimum Gasteiger partial charge on any atom is -0.508 e. The zero-order valence-corrected chi connectivity index (χ0v) is 26.7. The summed E-state index contributed by atoms with van der Waals surface area (Å²) in [6, 6.07) is 14.2. The maximum atomic E-state index is 12.4. The molecule has 0 aliphatic heterocycles. The van der Waals surface area contributed by atoms with E-state index in [4.69, 9.17) is 4.74 Å². The van der Waals surface area contributed by atoms with Crippen LogP contribution in [0.1, 0.15) is 165 Å². The van der Waals surface area contributed by atoms with Crippen molar-refractivity contribution in [2.45, 2.75) is 154 Å². The second-order valence-electron chi connectivity index (χ2n) is 12.2. The molecule has 0 aliphatic rings. The zero-order valence-electron chi connectivity index (χ0n) is 26.7. The van der Waals surface area contributed by atoms with Crippen LogP contribution in [-0.2, 0) is 9.53 Å². The molecule has 0 atom stereocenters. The first kappa shape index (κ1) is 35.7. The normalized spacial score (nSPS) is 11.3. The van der Waals surface area contributed by atoms with E-state index in [0.717, 1.165) is 24.0 Å². The SMILES string of the molecule is CCCCCCCCCCCCCCCCCCCCCCOC(=O)CCC(c1ccc(O)cc1)c1ccc(O)cc1. The van der Waals surface area contributed by atoms with E-state index in [9.17, 15) is 15.0 Å². The summed E-state index contributed by atoms with van der Waals surface area (Å²) in [5.74, 6) is 0.281. The predicted octanol–water partition coefficient (Wildman–Crippen LogP) is 11.4. The van der Waals surface area contributed by atoms with E-state index in [-0.39, 0.29) is 23.4 Å². The number of hydrogen-bond donors (Lipinski definition) is 2. The van der Waals surface area contributed by atoms with E-state index in [0.29, 0.717) is 19.4 Å². The lowest BCUT2D eigenvalue weighted by atomic mass is 9.87. The van der Waals surface area contributed by atoms with Crippen molar-refractivity contribution in [1.29, 1.82) is 0 Å². The molecule has 0 fully saturated rings. The Morgan fingerprint density at radius 1 is 0.548 bits per heavy atom. The number of aromatic hydroxyl groups is 2. The van der Waals surface area contributed by atoms with Gasteiger partial charge in [0, 0.05) is 12.3 Å². The first-order valence-corrected chi connectivity index (χ1v) is 17.3. The molecule has 0 aromatic heterocycles. The van der Waals surface area contributed by atoms with Gasteiger partial charge < -0.3 is 14.9 Å². The first-order chi connectivity index (χ1) is 20.6. The minimum atomic E-state index is -0.157. The number of benzene rings is 2. The van der Waals surface area contributed by atoms with Crippen LogP contribution >= 0.6 is 0 Å². The Hall–Kier alpha value is -2.49. The molecule has 4 nitrogen and oxygen atoms in total. The largest absolute Gasteiger partial charge is 0.508 e. The number of rotatable bonds is 26. The number of esters is 1. The van der Waals surface area contributed by atoms with Crippen molar-refractivity contribution in [3.63, 3.8) is 0 Å². The Morgan fingerprint density at radius 2 is 0.881 bits per heavy atom. The molecule has 4 heteroatoms. The molecule has 0 saturated carbocycles. The van der Waals surface area contributed by atoms with E-state index < -0.39 is 0 Å². The van der Waals surface area contributed by atoms with Crippen molar-refractivity contribution in [1.82, 2.24) is 0 Å². The zero-order chi connectivity index (χ0) is 30.1. The van der Waals surface area contributed by atoms with Gasteiger partial charge in [-0.1, -0.05) is 153 Å². The summed E-state index contributed by atoms with van der Waals surface area (Å²) in [5, 5.41) is 19.3. The van der Waals surface area contributed by atoms with Crippen LogP contribution in [0.5, 0.6) is 11.5 Å². The minimum absolute atomic E-state index is 0.00142. The number of hydrogen-bond acceptors (Lipinski definition) is 4. The highest BCUT2D eigenvalue weighted by Gasteiger charge is 2.17. The van der Waals surface area contributed by atoms with Gasteiger partial charge in [0.2, 0.25) is 0 Å². The first-order valence-electron chi connectivity index (χ1n) is 17.3. The summed E-state index contributed by atoms with van der Waals surface area (Å²) in [4.78, 5) is 12.4. The lowest BCUT2D eigenvalue weighted by molar-refractivity contribution is -0.143. The molecule has 0 saturated heterocycles. The molecule has 0 spiro atoms. The standard InChI is InChI=1S/C38H60O4/c1-2-3-4-5-6-7-8-9-10-11-12-13-14-15-16-17-18-19-20-21-32-42-38(41)31-30-37(33-22-26-35(39)27-23-33)34-24-28-36(40)29-25-34/h22-29,37,39-40H,2-21,30-32H2,1H3. The van der Waals surface area contributed by atoms with E-state index in [1.807, 2.05) is 24.3 Å². The molecule has 42 heavy (non-hydrogen) atoms. The molecule has 0 heterocycles. The highest BCUT2D eigenvalue weighted by atomic mass is 16.5. The molecule has 0 bridgehead atoms. The molecule has 2 N–H and O–H groups in total. The van der Waals surface area contributed by atoms with Crippen LogP contribution in [0.2, 0.25) is 0 Å². The van der Waals surface area contributed by atoms with Crippen LogP contribution in [0, 0.1) is 0 Å². The van der Waals surface area contributed by atoms with Gasteiger partial charge in [-0.2, -0.15) is 0 Å². The number of ether oxygens (including phenoxy) is 1. The summed E-state index contributed by atoms with van der Waals surface area (Å²) in [7, 11) is 0. The van der Waals surface area contributed by atoms with Crippen LogP contribution in [0.15, 0.2) is 48.5 Å². The molecule has 236 valence electrons. The fourth-order valence-electron chi connectivity index (χ4n) is 5.82. The Bertz CT molecular complexity index is 860. The van der Waals surface area contributed by atoms with Crippen molar-refractivity contribution >= 4 is 5.97 Å². The van der Waals surface area contributed by atoms with E-state index in [1.54, 1.807) is 24.3 Å². The second-order valence-corrected chi connectivity index (χ2v) is 12.2. The van der Waals surface area contributed by atoms with Crippen molar-refractivity contribution < 1.29 is 19.7 Å². The monoisotopic (exact) mass is 580 g/mol. The van der Waals surface area contributed by atoms with Gasteiger partial charge >= 0.3 is 5.97 Å². The Morgan fingerprint density at radius 3 is 1.24 bits per heavy atom. The number of phenolic OH excluding ortho intramolecular Hbond substituents is 2. The fourth-order valence-corrected chi connectivity index (χ4v) is 5.82. The molecule has 0 amide bonds. The number of carbonyl (C=O) groups is 1. The van der Waals surface area contributed by atoms with Crippen molar-refractivity contribution in [3.05, 3.63) is 59.7 Å². The van der Waals surface area contributed by atoms with Crippen molar-refractivity contribution in [2.24, 2.45) is 0 Å². The quantitative estimate of drug-likeness (QED) is 0.0858. The van der Waals surface area contributed by atoms with Crippen molar-refractivity contribution in [2.75, 3.05) is 6.61 Å². The van der Waals surface area contributed by atoms with Crippen LogP contribution in [0.25, 0.3) is 0 Å². The van der Waals surface area contributed by atoms with Crippen LogP contribution in [0.3, 0.4) is 0 Å². The van der Waals surface area contributed by atoms with Crippen LogP contribution in [-0.4, -0.2) is 22.8 Å². The van der Waals surface area contributed by atoms with Gasteiger partial charge in [0.15, 0.2) is 0 Å². The summed E-state index contributed by atoms with van der Waals surface area (Å²) in [6.07, 6.45) is 28.1. The lowest BCUT2D eigenvalue weighted by Gasteiger charge is -2.18. The lowest BCUT2D eigenvalue weighted by Crippen LogP contribution is -2.09. The summed E-state index contributed by atoms with van der Waals surface area (Å²) in [6.45, 7) is 2.79. The fraction of sp³-hybridized carbons (Fsp3) is 0.658. The third kappa shape index (κ3) is 17.5. The maximum Gasteiger partial charge on any atom is 0.305 e. The van der Waals surface area contributed by atoms with E-state index in [2.05, 4.69) is 6.92 Å². The van der Waals surface area contributed by atoms with Gasteiger partial charge in [0.25, 0.3) is 0 Å². The molecule has 0 aliphatic carbocycles. The summed E-state index contributed by atoms with van der Waals surface area (Å²) < 4.78 is 5.52. The number of carbonyl (C=O) groups excluding carboxylic acids is 1. The summed E-state index contributed by atoms with van der Waals surface area (Å²) >= 11 is 0. The topological polar surface area (TPSA) is 66.8 Å². The van der Waals surface area contributed by atoms with Gasteiger partial charge in [-0.15, -0.1) is 0 Å². The molecule has 2 aromatic carbocycles.